The lowest BCUT2D eigenvalue weighted by molar-refractivity contribution is 0.0950. The van der Waals surface area contributed by atoms with Crippen LogP contribution in [0.25, 0.3) is 0 Å². The minimum atomic E-state index is -0.193. The number of pyridine rings is 1. The van der Waals surface area contributed by atoms with Crippen LogP contribution in [0.5, 0.6) is 5.75 Å². The minimum Gasteiger partial charge on any atom is -0.487 e. The van der Waals surface area contributed by atoms with Crippen LogP contribution in [0.4, 0.5) is 0 Å². The molecule has 1 N–H and O–H groups in total. The molecule has 0 unspecified atom stereocenters. The molecule has 3 rings (SSSR count). The molecule has 0 aliphatic rings. The average Bonchev–Trinajstić information content (AvgIpc) is 2.67. The number of benzene rings is 2. The first-order valence-corrected chi connectivity index (χ1v) is 8.24. The van der Waals surface area contributed by atoms with Crippen molar-refractivity contribution in [3.63, 3.8) is 0 Å². The van der Waals surface area contributed by atoms with Crippen molar-refractivity contribution in [1.82, 2.24) is 10.3 Å². The highest BCUT2D eigenvalue weighted by Gasteiger charge is 2.11. The molecular weight excluding hydrogens is 336 g/mol. The molecule has 126 valence electrons. The lowest BCUT2D eigenvalue weighted by Gasteiger charge is -2.14. The van der Waals surface area contributed by atoms with Crippen LogP contribution in [-0.4, -0.2) is 10.9 Å². The molecule has 3 aromatic rings. The molecule has 4 nitrogen and oxygen atoms in total. The van der Waals surface area contributed by atoms with Crippen molar-refractivity contribution in [2.45, 2.75) is 13.2 Å². The number of rotatable bonds is 6. The quantitative estimate of drug-likeness (QED) is 0.721. The number of aromatic nitrogens is 1. The summed E-state index contributed by atoms with van der Waals surface area (Å²) in [6.07, 6.45) is 3.16. The summed E-state index contributed by atoms with van der Waals surface area (Å²) in [5.41, 5.74) is 2.38. The van der Waals surface area contributed by atoms with Gasteiger partial charge in [0.05, 0.1) is 10.6 Å². The number of hydrogen-bond acceptors (Lipinski definition) is 3. The average molecular weight is 353 g/mol. The first-order chi connectivity index (χ1) is 12.2. The summed E-state index contributed by atoms with van der Waals surface area (Å²) in [5, 5.41) is 3.38. The van der Waals surface area contributed by atoms with Gasteiger partial charge in [-0.05, 0) is 23.8 Å². The molecule has 0 bridgehead atoms. The third-order valence-electron chi connectivity index (χ3n) is 3.64. The second kappa shape index (κ2) is 8.31. The highest BCUT2D eigenvalue weighted by molar-refractivity contribution is 6.32. The number of hydrogen-bond donors (Lipinski definition) is 1. The van der Waals surface area contributed by atoms with Crippen molar-refractivity contribution < 1.29 is 9.53 Å². The SMILES string of the molecule is O=C(NCc1cccc(Cl)c1OCc1ccccc1)c1cccnc1. The summed E-state index contributed by atoms with van der Waals surface area (Å²) in [6, 6.07) is 18.8. The van der Waals surface area contributed by atoms with E-state index >= 15 is 0 Å². The summed E-state index contributed by atoms with van der Waals surface area (Å²) >= 11 is 6.28. The highest BCUT2D eigenvalue weighted by atomic mass is 35.5. The van der Waals surface area contributed by atoms with Crippen molar-refractivity contribution in [3.8, 4) is 5.75 Å². The van der Waals surface area contributed by atoms with Crippen LogP contribution in [0, 0.1) is 0 Å². The second-order valence-corrected chi connectivity index (χ2v) is 5.83. The van der Waals surface area contributed by atoms with Crippen LogP contribution in [-0.2, 0) is 13.2 Å². The molecule has 5 heteroatoms. The summed E-state index contributed by atoms with van der Waals surface area (Å²) < 4.78 is 5.90. The van der Waals surface area contributed by atoms with E-state index < -0.39 is 0 Å². The van der Waals surface area contributed by atoms with E-state index in [9.17, 15) is 4.79 Å². The number of ether oxygens (including phenoxy) is 1. The van der Waals surface area contributed by atoms with Crippen LogP contribution < -0.4 is 10.1 Å². The fourth-order valence-corrected chi connectivity index (χ4v) is 2.61. The molecule has 0 atom stereocenters. The summed E-state index contributed by atoms with van der Waals surface area (Å²) in [5.74, 6) is 0.390. The fourth-order valence-electron chi connectivity index (χ4n) is 2.36. The van der Waals surface area contributed by atoms with Gasteiger partial charge in [-0.3, -0.25) is 9.78 Å². The number of amides is 1. The van der Waals surface area contributed by atoms with Gasteiger partial charge in [-0.2, -0.15) is 0 Å². The number of carbonyl (C=O) groups is 1. The fraction of sp³-hybridized carbons (Fsp3) is 0.100. The molecule has 1 aromatic heterocycles. The zero-order chi connectivity index (χ0) is 17.5. The maximum Gasteiger partial charge on any atom is 0.253 e. The summed E-state index contributed by atoms with van der Waals surface area (Å²) in [7, 11) is 0. The molecule has 0 fully saturated rings. The third-order valence-corrected chi connectivity index (χ3v) is 3.94. The lowest BCUT2D eigenvalue weighted by Crippen LogP contribution is -2.23. The maximum absolute atomic E-state index is 12.2. The Labute approximate surface area is 151 Å². The molecule has 1 heterocycles. The Morgan fingerprint density at radius 1 is 1.04 bits per heavy atom. The Hall–Kier alpha value is -2.85. The first-order valence-electron chi connectivity index (χ1n) is 7.86. The largest absolute Gasteiger partial charge is 0.487 e. The predicted molar refractivity (Wildman–Crippen MR) is 97.6 cm³/mol. The Morgan fingerprint density at radius 3 is 2.64 bits per heavy atom. The van der Waals surface area contributed by atoms with Crippen molar-refractivity contribution in [3.05, 3.63) is 94.8 Å². The van der Waals surface area contributed by atoms with E-state index in [1.807, 2.05) is 42.5 Å². The van der Waals surface area contributed by atoms with Gasteiger partial charge in [-0.25, -0.2) is 0 Å². The van der Waals surface area contributed by atoms with E-state index in [0.717, 1.165) is 11.1 Å². The first kappa shape index (κ1) is 17.0. The molecule has 2 aromatic carbocycles. The van der Waals surface area contributed by atoms with E-state index in [4.69, 9.17) is 16.3 Å². The lowest BCUT2D eigenvalue weighted by atomic mass is 10.2. The number of nitrogens with one attached hydrogen (secondary N) is 1. The molecule has 0 aliphatic heterocycles. The number of carbonyl (C=O) groups excluding carboxylic acids is 1. The zero-order valence-electron chi connectivity index (χ0n) is 13.5. The van der Waals surface area contributed by atoms with Gasteiger partial charge >= 0.3 is 0 Å². The van der Waals surface area contributed by atoms with Crippen LogP contribution in [0.15, 0.2) is 73.1 Å². The van der Waals surface area contributed by atoms with Gasteiger partial charge < -0.3 is 10.1 Å². The van der Waals surface area contributed by atoms with Crippen molar-refractivity contribution in [1.29, 1.82) is 0 Å². The molecule has 0 saturated carbocycles. The van der Waals surface area contributed by atoms with Gasteiger partial charge in [0.25, 0.3) is 5.91 Å². The van der Waals surface area contributed by atoms with Gasteiger partial charge in [0.15, 0.2) is 0 Å². The van der Waals surface area contributed by atoms with E-state index in [1.165, 1.54) is 6.20 Å². The van der Waals surface area contributed by atoms with E-state index in [1.54, 1.807) is 24.4 Å². The zero-order valence-corrected chi connectivity index (χ0v) is 14.2. The van der Waals surface area contributed by atoms with Crippen molar-refractivity contribution in [2.24, 2.45) is 0 Å². The number of nitrogens with zero attached hydrogens (tertiary/aromatic N) is 1. The van der Waals surface area contributed by atoms with Gasteiger partial charge in [-0.1, -0.05) is 54.1 Å². The van der Waals surface area contributed by atoms with Crippen LogP contribution in [0.2, 0.25) is 5.02 Å². The Kier molecular flexibility index (Phi) is 5.65. The van der Waals surface area contributed by atoms with Crippen LogP contribution in [0.3, 0.4) is 0 Å². The molecular formula is C20H17ClN2O2. The van der Waals surface area contributed by atoms with Crippen LogP contribution in [0.1, 0.15) is 21.5 Å². The summed E-state index contributed by atoms with van der Waals surface area (Å²) in [4.78, 5) is 16.1. The van der Waals surface area contributed by atoms with Gasteiger partial charge in [0.2, 0.25) is 0 Å². The van der Waals surface area contributed by atoms with Crippen molar-refractivity contribution >= 4 is 17.5 Å². The van der Waals surface area contributed by atoms with Gasteiger partial charge in [0.1, 0.15) is 12.4 Å². The highest BCUT2D eigenvalue weighted by Crippen LogP contribution is 2.29. The topological polar surface area (TPSA) is 51.2 Å². The monoisotopic (exact) mass is 352 g/mol. The Bertz CT molecular complexity index is 839. The Balaban J connectivity index is 1.69. The van der Waals surface area contributed by atoms with Crippen molar-refractivity contribution in [2.75, 3.05) is 0 Å². The number of halogens is 1. The van der Waals surface area contributed by atoms with Gasteiger partial charge in [0, 0.05) is 24.5 Å². The van der Waals surface area contributed by atoms with Crippen LogP contribution >= 0.6 is 11.6 Å². The number of para-hydroxylation sites is 1. The standard InChI is InChI=1S/C20H17ClN2O2/c21-18-10-4-8-16(13-23-20(24)17-9-5-11-22-12-17)19(18)25-14-15-6-2-1-3-7-15/h1-12H,13-14H2,(H,23,24). The minimum absolute atomic E-state index is 0.193. The van der Waals surface area contributed by atoms with E-state index in [0.29, 0.717) is 29.5 Å². The molecule has 0 spiro atoms. The molecule has 0 radical (unpaired) electrons. The normalized spacial score (nSPS) is 10.3. The maximum atomic E-state index is 12.2. The van der Waals surface area contributed by atoms with E-state index in [-0.39, 0.29) is 5.91 Å². The predicted octanol–water partition coefficient (Wildman–Crippen LogP) is 4.24. The second-order valence-electron chi connectivity index (χ2n) is 5.43. The summed E-state index contributed by atoms with van der Waals surface area (Å²) in [6.45, 7) is 0.729. The Morgan fingerprint density at radius 2 is 1.88 bits per heavy atom. The molecule has 0 saturated heterocycles. The molecule has 0 aliphatic carbocycles. The third kappa shape index (κ3) is 4.58. The van der Waals surface area contributed by atoms with E-state index in [2.05, 4.69) is 10.3 Å². The molecule has 1 amide bonds. The molecule has 25 heavy (non-hydrogen) atoms. The smallest absolute Gasteiger partial charge is 0.253 e. The van der Waals surface area contributed by atoms with Gasteiger partial charge in [-0.15, -0.1) is 0 Å².